The van der Waals surface area contributed by atoms with Crippen molar-refractivity contribution >= 4 is 17.3 Å². The molecule has 0 fully saturated rings. The first-order chi connectivity index (χ1) is 11.1. The van der Waals surface area contributed by atoms with Crippen LogP contribution >= 0.6 is 0 Å². The summed E-state index contributed by atoms with van der Waals surface area (Å²) in [7, 11) is 0. The second-order valence-electron chi connectivity index (χ2n) is 5.53. The van der Waals surface area contributed by atoms with E-state index in [-0.39, 0.29) is 12.5 Å². The van der Waals surface area contributed by atoms with Crippen molar-refractivity contribution < 1.29 is 14.3 Å². The van der Waals surface area contributed by atoms with Crippen LogP contribution in [0.5, 0.6) is 11.5 Å². The summed E-state index contributed by atoms with van der Waals surface area (Å²) >= 11 is 0. The number of nitrogens with one attached hydrogen (secondary N) is 2. The van der Waals surface area contributed by atoms with Crippen LogP contribution in [-0.4, -0.2) is 25.7 Å². The van der Waals surface area contributed by atoms with Crippen molar-refractivity contribution in [3.8, 4) is 11.5 Å². The molecule has 5 heteroatoms. The lowest BCUT2D eigenvalue weighted by Crippen LogP contribution is -2.23. The summed E-state index contributed by atoms with van der Waals surface area (Å²) in [6, 6.07) is 11.5. The fraction of sp³-hybridized carbons (Fsp3) is 0.278. The van der Waals surface area contributed by atoms with E-state index in [9.17, 15) is 4.79 Å². The van der Waals surface area contributed by atoms with Gasteiger partial charge in [-0.1, -0.05) is 18.2 Å². The number of hydrogen-bond acceptors (Lipinski definition) is 4. The molecule has 1 aliphatic rings. The van der Waals surface area contributed by atoms with Gasteiger partial charge < -0.3 is 20.1 Å². The van der Waals surface area contributed by atoms with E-state index in [0.717, 1.165) is 28.3 Å². The summed E-state index contributed by atoms with van der Waals surface area (Å²) in [6.45, 7) is 5.27. The van der Waals surface area contributed by atoms with E-state index in [1.807, 2.05) is 50.2 Å². The Morgan fingerprint density at radius 3 is 2.48 bits per heavy atom. The zero-order chi connectivity index (χ0) is 16.2. The number of benzene rings is 2. The molecule has 3 rings (SSSR count). The number of carbonyl (C=O) groups is 1. The molecular weight excluding hydrogens is 292 g/mol. The third-order valence-corrected chi connectivity index (χ3v) is 3.74. The van der Waals surface area contributed by atoms with Gasteiger partial charge in [-0.15, -0.1) is 0 Å². The summed E-state index contributed by atoms with van der Waals surface area (Å²) in [6.07, 6.45) is 0. The average Bonchev–Trinajstić information content (AvgIpc) is 2.56. The highest BCUT2D eigenvalue weighted by molar-refractivity contribution is 5.95. The summed E-state index contributed by atoms with van der Waals surface area (Å²) in [5.74, 6) is 1.36. The molecule has 2 N–H and O–H groups in total. The smallest absolute Gasteiger partial charge is 0.243 e. The van der Waals surface area contributed by atoms with Crippen molar-refractivity contribution in [2.24, 2.45) is 0 Å². The molecule has 2 aromatic carbocycles. The van der Waals surface area contributed by atoms with Crippen LogP contribution in [0.2, 0.25) is 0 Å². The van der Waals surface area contributed by atoms with Crippen molar-refractivity contribution in [1.82, 2.24) is 0 Å². The summed E-state index contributed by atoms with van der Waals surface area (Å²) in [5, 5.41) is 6.06. The monoisotopic (exact) mass is 312 g/mol. The van der Waals surface area contributed by atoms with E-state index >= 15 is 0 Å². The van der Waals surface area contributed by atoms with Crippen molar-refractivity contribution in [3.05, 3.63) is 47.5 Å². The Morgan fingerprint density at radius 1 is 1.04 bits per heavy atom. The zero-order valence-electron chi connectivity index (χ0n) is 13.3. The lowest BCUT2D eigenvalue weighted by molar-refractivity contribution is -0.114. The van der Waals surface area contributed by atoms with Crippen molar-refractivity contribution in [2.45, 2.75) is 13.8 Å². The Morgan fingerprint density at radius 2 is 1.74 bits per heavy atom. The van der Waals surface area contributed by atoms with Crippen LogP contribution in [0.4, 0.5) is 11.4 Å². The molecule has 0 saturated carbocycles. The van der Waals surface area contributed by atoms with Crippen LogP contribution in [0.3, 0.4) is 0 Å². The Kier molecular flexibility index (Phi) is 4.37. The quantitative estimate of drug-likeness (QED) is 0.910. The minimum absolute atomic E-state index is 0.0858. The third kappa shape index (κ3) is 3.56. The van der Waals surface area contributed by atoms with Crippen molar-refractivity contribution in [2.75, 3.05) is 30.4 Å². The van der Waals surface area contributed by atoms with Crippen LogP contribution in [0, 0.1) is 13.8 Å². The highest BCUT2D eigenvalue weighted by atomic mass is 16.6. The van der Waals surface area contributed by atoms with Crippen LogP contribution in [0.1, 0.15) is 11.1 Å². The fourth-order valence-electron chi connectivity index (χ4n) is 2.53. The number of para-hydroxylation sites is 1. The summed E-state index contributed by atoms with van der Waals surface area (Å²) in [4.78, 5) is 12.1. The molecule has 1 aliphatic heterocycles. The second kappa shape index (κ2) is 6.60. The third-order valence-electron chi connectivity index (χ3n) is 3.74. The largest absolute Gasteiger partial charge is 0.486 e. The first kappa shape index (κ1) is 15.2. The van der Waals surface area contributed by atoms with Crippen LogP contribution < -0.4 is 20.1 Å². The number of ether oxygens (including phenoxy) is 2. The first-order valence-electron chi connectivity index (χ1n) is 7.63. The standard InChI is InChI=1S/C18H20N2O3/c1-12-4-3-5-13(2)18(12)20-17(21)11-19-14-6-7-15-16(10-14)23-9-8-22-15/h3-7,10,19H,8-9,11H2,1-2H3,(H,20,21). The molecule has 1 heterocycles. The normalized spacial score (nSPS) is 12.6. The molecule has 0 unspecified atom stereocenters. The van der Waals surface area contributed by atoms with Crippen LogP contribution in [0.15, 0.2) is 36.4 Å². The molecule has 23 heavy (non-hydrogen) atoms. The highest BCUT2D eigenvalue weighted by Gasteiger charge is 2.12. The lowest BCUT2D eigenvalue weighted by atomic mass is 10.1. The van der Waals surface area contributed by atoms with E-state index in [1.165, 1.54) is 0 Å². The number of aryl methyl sites for hydroxylation is 2. The first-order valence-corrected chi connectivity index (χ1v) is 7.63. The second-order valence-corrected chi connectivity index (χ2v) is 5.53. The van der Waals surface area contributed by atoms with E-state index in [0.29, 0.717) is 19.0 Å². The number of amides is 1. The molecular formula is C18H20N2O3. The molecule has 0 spiro atoms. The molecule has 5 nitrogen and oxygen atoms in total. The average molecular weight is 312 g/mol. The summed E-state index contributed by atoms with van der Waals surface area (Å²) < 4.78 is 11.0. The number of anilines is 2. The molecule has 0 bridgehead atoms. The van der Waals surface area contributed by atoms with Gasteiger partial charge in [0.05, 0.1) is 6.54 Å². The maximum atomic E-state index is 12.1. The van der Waals surface area contributed by atoms with E-state index < -0.39 is 0 Å². The van der Waals surface area contributed by atoms with Gasteiger partial charge in [0.25, 0.3) is 0 Å². The van der Waals surface area contributed by atoms with Gasteiger partial charge in [0.1, 0.15) is 13.2 Å². The number of fused-ring (bicyclic) bond motifs is 1. The number of hydrogen-bond donors (Lipinski definition) is 2. The van der Waals surface area contributed by atoms with Gasteiger partial charge in [-0.05, 0) is 37.1 Å². The Labute approximate surface area is 135 Å². The number of carbonyl (C=O) groups excluding carboxylic acids is 1. The lowest BCUT2D eigenvalue weighted by Gasteiger charge is -2.19. The minimum atomic E-state index is -0.0858. The maximum Gasteiger partial charge on any atom is 0.243 e. The Bertz CT molecular complexity index is 708. The van der Waals surface area contributed by atoms with Gasteiger partial charge in [0.15, 0.2) is 11.5 Å². The Balaban J connectivity index is 1.61. The summed E-state index contributed by atoms with van der Waals surface area (Å²) in [5.41, 5.74) is 3.81. The predicted octanol–water partition coefficient (Wildman–Crippen LogP) is 3.13. The molecule has 0 aliphatic carbocycles. The molecule has 120 valence electrons. The van der Waals surface area contributed by atoms with E-state index in [1.54, 1.807) is 0 Å². The van der Waals surface area contributed by atoms with Crippen molar-refractivity contribution in [3.63, 3.8) is 0 Å². The topological polar surface area (TPSA) is 59.6 Å². The Hall–Kier alpha value is -2.69. The van der Waals surface area contributed by atoms with Gasteiger partial charge in [0.2, 0.25) is 5.91 Å². The maximum absolute atomic E-state index is 12.1. The van der Waals surface area contributed by atoms with E-state index in [2.05, 4.69) is 10.6 Å². The van der Waals surface area contributed by atoms with Gasteiger partial charge >= 0.3 is 0 Å². The number of rotatable bonds is 4. The molecule has 2 aromatic rings. The molecule has 0 saturated heterocycles. The van der Waals surface area contributed by atoms with Crippen LogP contribution in [-0.2, 0) is 4.79 Å². The van der Waals surface area contributed by atoms with Gasteiger partial charge in [-0.25, -0.2) is 0 Å². The molecule has 0 radical (unpaired) electrons. The fourth-order valence-corrected chi connectivity index (χ4v) is 2.53. The molecule has 1 amide bonds. The van der Waals surface area contributed by atoms with Gasteiger partial charge in [0, 0.05) is 17.4 Å². The minimum Gasteiger partial charge on any atom is -0.486 e. The highest BCUT2D eigenvalue weighted by Crippen LogP contribution is 2.32. The van der Waals surface area contributed by atoms with Gasteiger partial charge in [-0.2, -0.15) is 0 Å². The van der Waals surface area contributed by atoms with Gasteiger partial charge in [-0.3, -0.25) is 4.79 Å². The SMILES string of the molecule is Cc1cccc(C)c1NC(=O)CNc1ccc2c(c1)OCCO2. The molecule has 0 aromatic heterocycles. The van der Waals surface area contributed by atoms with Crippen LogP contribution in [0.25, 0.3) is 0 Å². The predicted molar refractivity (Wildman–Crippen MR) is 90.5 cm³/mol. The molecule has 0 atom stereocenters. The van der Waals surface area contributed by atoms with E-state index in [4.69, 9.17) is 9.47 Å². The zero-order valence-corrected chi connectivity index (χ0v) is 13.3. The van der Waals surface area contributed by atoms with Crippen molar-refractivity contribution in [1.29, 1.82) is 0 Å².